The van der Waals surface area contributed by atoms with Crippen molar-refractivity contribution < 1.29 is 4.74 Å². The summed E-state index contributed by atoms with van der Waals surface area (Å²) in [6.45, 7) is 0. The van der Waals surface area contributed by atoms with E-state index in [0.717, 1.165) is 72.7 Å². The fourth-order valence-electron chi connectivity index (χ4n) is 8.75. The van der Waals surface area contributed by atoms with Crippen molar-refractivity contribution in [3.05, 3.63) is 206 Å². The molecule has 280 valence electrons. The summed E-state index contributed by atoms with van der Waals surface area (Å²) in [6, 6.07) is 72.3. The first-order chi connectivity index (χ1) is 29.7. The Bertz CT molecular complexity index is 3380. The molecule has 0 radical (unpaired) electrons. The van der Waals surface area contributed by atoms with Gasteiger partial charge >= 0.3 is 0 Å². The van der Waals surface area contributed by atoms with Crippen LogP contribution in [0.4, 0.5) is 0 Å². The van der Waals surface area contributed by atoms with Crippen molar-refractivity contribution >= 4 is 32.6 Å². The Morgan fingerprint density at radius 1 is 0.333 bits per heavy atom. The van der Waals surface area contributed by atoms with E-state index in [-0.39, 0.29) is 0 Å². The van der Waals surface area contributed by atoms with Crippen LogP contribution in [0.15, 0.2) is 206 Å². The minimum atomic E-state index is 0.638. The zero-order valence-electron chi connectivity index (χ0n) is 32.3. The fraction of sp³-hybridized carbons (Fsp3) is 0. The van der Waals surface area contributed by atoms with Gasteiger partial charge in [-0.2, -0.15) is 0 Å². The maximum atomic E-state index is 6.42. The number of benzene rings is 9. The molecule has 0 bridgehead atoms. The van der Waals surface area contributed by atoms with Crippen molar-refractivity contribution in [2.45, 2.75) is 0 Å². The standard InChI is InChI=1S/C55H34N4O/c1-3-12-37(13-4-1)53-56-54(38-14-5-2-6-15-38)58-55(57-53)39-26-24-35(25-27-39)40-18-9-19-43(32-40)59-48-22-8-7-20-44(48)46-33-41(28-30-49(46)59)42-29-31-50-47(34-42)45-21-10-16-36-17-11-23-51(60-50)52(36)45/h1-34H. The summed E-state index contributed by atoms with van der Waals surface area (Å²) in [4.78, 5) is 14.7. The number of hydrogen-bond donors (Lipinski definition) is 0. The molecule has 0 aliphatic carbocycles. The quantitative estimate of drug-likeness (QED) is 0.169. The van der Waals surface area contributed by atoms with Crippen LogP contribution in [-0.4, -0.2) is 19.5 Å². The zero-order chi connectivity index (χ0) is 39.6. The number of rotatable bonds is 6. The Hall–Kier alpha value is -8.15. The lowest BCUT2D eigenvalue weighted by atomic mass is 9.92. The summed E-state index contributed by atoms with van der Waals surface area (Å²) in [7, 11) is 0. The Balaban J connectivity index is 0.908. The van der Waals surface area contributed by atoms with Crippen molar-refractivity contribution in [2.24, 2.45) is 0 Å². The molecule has 0 spiro atoms. The molecule has 1 aliphatic heterocycles. The van der Waals surface area contributed by atoms with Crippen LogP contribution in [0.25, 0.3) is 106 Å². The summed E-state index contributed by atoms with van der Waals surface area (Å²) in [5, 5.41) is 4.78. The highest BCUT2D eigenvalue weighted by Gasteiger charge is 2.21. The van der Waals surface area contributed by atoms with Crippen LogP contribution < -0.4 is 4.74 Å². The van der Waals surface area contributed by atoms with E-state index in [4.69, 9.17) is 19.7 Å². The summed E-state index contributed by atoms with van der Waals surface area (Å²) in [5.41, 5.74) is 13.1. The number of fused-ring (bicyclic) bond motifs is 5. The first kappa shape index (κ1) is 33.9. The van der Waals surface area contributed by atoms with Gasteiger partial charge in [-0.05, 0) is 81.7 Å². The van der Waals surface area contributed by atoms with Crippen molar-refractivity contribution in [3.8, 4) is 84.7 Å². The van der Waals surface area contributed by atoms with Crippen LogP contribution in [0.3, 0.4) is 0 Å². The number of para-hydroxylation sites is 1. The lowest BCUT2D eigenvalue weighted by molar-refractivity contribution is 0.487. The van der Waals surface area contributed by atoms with Crippen molar-refractivity contribution in [1.29, 1.82) is 0 Å². The molecule has 5 heteroatoms. The summed E-state index contributed by atoms with van der Waals surface area (Å²) >= 11 is 0. The van der Waals surface area contributed by atoms with E-state index >= 15 is 0 Å². The van der Waals surface area contributed by atoms with Crippen LogP contribution >= 0.6 is 0 Å². The van der Waals surface area contributed by atoms with E-state index in [1.807, 2.05) is 60.7 Å². The molecule has 5 nitrogen and oxygen atoms in total. The van der Waals surface area contributed by atoms with Gasteiger partial charge in [0.1, 0.15) is 11.5 Å². The van der Waals surface area contributed by atoms with E-state index in [0.29, 0.717) is 17.5 Å². The Morgan fingerprint density at radius 2 is 0.883 bits per heavy atom. The Morgan fingerprint density at radius 3 is 1.63 bits per heavy atom. The third-order valence-electron chi connectivity index (χ3n) is 11.6. The molecule has 60 heavy (non-hydrogen) atoms. The highest BCUT2D eigenvalue weighted by molar-refractivity contribution is 6.11. The monoisotopic (exact) mass is 766 g/mol. The van der Waals surface area contributed by atoms with Crippen molar-refractivity contribution in [3.63, 3.8) is 0 Å². The van der Waals surface area contributed by atoms with E-state index in [1.54, 1.807) is 0 Å². The first-order valence-electron chi connectivity index (χ1n) is 20.2. The van der Waals surface area contributed by atoms with Gasteiger partial charge in [-0.3, -0.25) is 0 Å². The molecule has 0 fully saturated rings. The fourth-order valence-corrected chi connectivity index (χ4v) is 8.75. The molecular weight excluding hydrogens is 733 g/mol. The molecule has 12 rings (SSSR count). The minimum absolute atomic E-state index is 0.638. The van der Waals surface area contributed by atoms with Gasteiger partial charge < -0.3 is 9.30 Å². The SMILES string of the molecule is c1ccc(-c2nc(-c3ccccc3)nc(-c3ccc(-c4cccc(-n5c6ccccc6c6cc(-c7ccc8c(c7)-c7cccc9cccc(c79)O8)ccc65)c4)cc3)n2)cc1. The minimum Gasteiger partial charge on any atom is -0.456 e. The van der Waals surface area contributed by atoms with E-state index < -0.39 is 0 Å². The van der Waals surface area contributed by atoms with Gasteiger partial charge in [-0.1, -0.05) is 158 Å². The third-order valence-corrected chi connectivity index (χ3v) is 11.6. The molecule has 0 atom stereocenters. The normalized spacial score (nSPS) is 11.8. The number of hydrogen-bond acceptors (Lipinski definition) is 4. The van der Waals surface area contributed by atoms with E-state index in [1.165, 1.54) is 27.1 Å². The van der Waals surface area contributed by atoms with Gasteiger partial charge in [0.15, 0.2) is 17.5 Å². The van der Waals surface area contributed by atoms with E-state index in [2.05, 4.69) is 150 Å². The molecule has 0 saturated carbocycles. The Labute approximate surface area is 346 Å². The van der Waals surface area contributed by atoms with Crippen LogP contribution in [0.1, 0.15) is 0 Å². The maximum Gasteiger partial charge on any atom is 0.164 e. The summed E-state index contributed by atoms with van der Waals surface area (Å²) in [5.74, 6) is 3.73. The van der Waals surface area contributed by atoms with Crippen LogP contribution in [0.2, 0.25) is 0 Å². The highest BCUT2D eigenvalue weighted by atomic mass is 16.5. The van der Waals surface area contributed by atoms with Gasteiger partial charge in [0, 0.05) is 44.1 Å². The predicted molar refractivity (Wildman–Crippen MR) is 244 cm³/mol. The molecule has 9 aromatic carbocycles. The molecule has 11 aromatic rings. The highest BCUT2D eigenvalue weighted by Crippen LogP contribution is 2.48. The van der Waals surface area contributed by atoms with Crippen molar-refractivity contribution in [2.75, 3.05) is 0 Å². The number of aromatic nitrogens is 4. The first-order valence-corrected chi connectivity index (χ1v) is 20.2. The smallest absolute Gasteiger partial charge is 0.164 e. The van der Waals surface area contributed by atoms with Gasteiger partial charge in [-0.15, -0.1) is 0 Å². The average Bonchev–Trinajstić information content (AvgIpc) is 3.66. The lowest BCUT2D eigenvalue weighted by Gasteiger charge is -2.22. The van der Waals surface area contributed by atoms with Gasteiger partial charge in [0.05, 0.1) is 11.0 Å². The zero-order valence-corrected chi connectivity index (χ0v) is 32.3. The largest absolute Gasteiger partial charge is 0.456 e. The van der Waals surface area contributed by atoms with Crippen molar-refractivity contribution in [1.82, 2.24) is 19.5 Å². The van der Waals surface area contributed by atoms with Crippen LogP contribution in [0, 0.1) is 0 Å². The second-order valence-corrected chi connectivity index (χ2v) is 15.2. The summed E-state index contributed by atoms with van der Waals surface area (Å²) in [6.07, 6.45) is 0. The van der Waals surface area contributed by atoms with E-state index in [9.17, 15) is 0 Å². The topological polar surface area (TPSA) is 52.8 Å². The van der Waals surface area contributed by atoms with Crippen LogP contribution in [0.5, 0.6) is 11.5 Å². The molecule has 3 heterocycles. The molecule has 0 amide bonds. The number of ether oxygens (including phenoxy) is 1. The lowest BCUT2D eigenvalue weighted by Crippen LogP contribution is -2.00. The Kier molecular flexibility index (Phi) is 7.78. The van der Waals surface area contributed by atoms with Crippen LogP contribution in [-0.2, 0) is 0 Å². The molecule has 0 saturated heterocycles. The molecular formula is C55H34N4O. The molecule has 1 aliphatic rings. The maximum absolute atomic E-state index is 6.42. The molecule has 0 unspecified atom stereocenters. The predicted octanol–water partition coefficient (Wildman–Crippen LogP) is 14.2. The molecule has 0 N–H and O–H groups in total. The second kappa shape index (κ2) is 13.8. The molecule has 2 aromatic heterocycles. The third kappa shape index (κ3) is 5.67. The number of nitrogens with zero attached hydrogens (tertiary/aromatic N) is 4. The second-order valence-electron chi connectivity index (χ2n) is 15.2. The van der Waals surface area contributed by atoms with Gasteiger partial charge in [0.2, 0.25) is 0 Å². The summed E-state index contributed by atoms with van der Waals surface area (Å²) < 4.78 is 8.80. The van der Waals surface area contributed by atoms with Gasteiger partial charge in [-0.25, -0.2) is 15.0 Å². The van der Waals surface area contributed by atoms with Gasteiger partial charge in [0.25, 0.3) is 0 Å². The average molecular weight is 767 g/mol.